The van der Waals surface area contributed by atoms with Crippen molar-refractivity contribution < 1.29 is 9.59 Å². The molecule has 2 N–H and O–H groups in total. The summed E-state index contributed by atoms with van der Waals surface area (Å²) in [6.07, 6.45) is 0. The number of nitrogens with zero attached hydrogens (tertiary/aromatic N) is 2. The van der Waals surface area contributed by atoms with Crippen LogP contribution in [0.15, 0.2) is 30.3 Å². The molecule has 6 nitrogen and oxygen atoms in total. The fraction of sp³-hybridized carbons (Fsp3) is 0.556. The molecule has 1 heterocycles. The number of halogens is 2. The van der Waals surface area contributed by atoms with Gasteiger partial charge < -0.3 is 15.5 Å². The highest BCUT2D eigenvalue weighted by Gasteiger charge is 2.25. The van der Waals surface area contributed by atoms with Gasteiger partial charge in [0, 0.05) is 45.2 Å². The van der Waals surface area contributed by atoms with Crippen LogP contribution in [0.4, 0.5) is 0 Å². The molecule has 1 aliphatic rings. The summed E-state index contributed by atoms with van der Waals surface area (Å²) in [7, 11) is 1.86. The van der Waals surface area contributed by atoms with Crippen LogP contribution in [0.25, 0.3) is 0 Å². The van der Waals surface area contributed by atoms with Gasteiger partial charge in [0.05, 0.1) is 6.54 Å². The molecule has 0 spiro atoms. The lowest BCUT2D eigenvalue weighted by Gasteiger charge is -2.35. The summed E-state index contributed by atoms with van der Waals surface area (Å²) in [5, 5.41) is 5.98. The van der Waals surface area contributed by atoms with Crippen molar-refractivity contribution in [3.63, 3.8) is 0 Å². The van der Waals surface area contributed by atoms with Crippen LogP contribution in [-0.2, 0) is 16.1 Å². The minimum Gasteiger partial charge on any atom is -0.351 e. The lowest BCUT2D eigenvalue weighted by Crippen LogP contribution is -2.52. The highest BCUT2D eigenvalue weighted by Crippen LogP contribution is 2.07. The highest BCUT2D eigenvalue weighted by molar-refractivity contribution is 5.85. The Hall–Kier alpha value is -1.34. The third-order valence-electron chi connectivity index (χ3n) is 4.32. The predicted octanol–water partition coefficient (Wildman–Crippen LogP) is 1.15. The maximum atomic E-state index is 12.3. The topological polar surface area (TPSA) is 64.7 Å². The summed E-state index contributed by atoms with van der Waals surface area (Å²) in [5.41, 5.74) is 1.10. The highest BCUT2D eigenvalue weighted by atomic mass is 35.5. The van der Waals surface area contributed by atoms with Crippen molar-refractivity contribution in [3.05, 3.63) is 35.9 Å². The molecule has 0 radical (unpaired) electrons. The Morgan fingerprint density at radius 3 is 2.27 bits per heavy atom. The molecule has 2 rings (SSSR count). The van der Waals surface area contributed by atoms with Gasteiger partial charge in [-0.25, -0.2) is 0 Å². The van der Waals surface area contributed by atoms with Crippen LogP contribution in [0.5, 0.6) is 0 Å². The van der Waals surface area contributed by atoms with Crippen molar-refractivity contribution in [2.24, 2.45) is 5.92 Å². The summed E-state index contributed by atoms with van der Waals surface area (Å²) in [5.74, 6) is 0.218. The van der Waals surface area contributed by atoms with Gasteiger partial charge in [-0.1, -0.05) is 37.3 Å². The SMILES string of the molecule is CNCC(C)C(=O)N1CCN(CC(=O)NCc2ccccc2)CC1.Cl.Cl. The molecule has 1 fully saturated rings. The Bertz CT molecular complexity index is 537. The number of hydrogen-bond acceptors (Lipinski definition) is 4. The average molecular weight is 405 g/mol. The van der Waals surface area contributed by atoms with E-state index in [0.29, 0.717) is 32.7 Å². The third-order valence-corrected chi connectivity index (χ3v) is 4.32. The van der Waals surface area contributed by atoms with Gasteiger partial charge in [0.15, 0.2) is 0 Å². The van der Waals surface area contributed by atoms with E-state index in [2.05, 4.69) is 15.5 Å². The molecule has 1 unspecified atom stereocenters. The van der Waals surface area contributed by atoms with Crippen LogP contribution in [0, 0.1) is 5.92 Å². The van der Waals surface area contributed by atoms with Crippen molar-refractivity contribution in [1.29, 1.82) is 0 Å². The number of nitrogens with one attached hydrogen (secondary N) is 2. The Morgan fingerprint density at radius 1 is 1.08 bits per heavy atom. The van der Waals surface area contributed by atoms with Crippen molar-refractivity contribution in [1.82, 2.24) is 20.4 Å². The summed E-state index contributed by atoms with van der Waals surface area (Å²) in [6.45, 7) is 6.47. The van der Waals surface area contributed by atoms with Crippen LogP contribution >= 0.6 is 24.8 Å². The second-order valence-electron chi connectivity index (χ2n) is 6.32. The van der Waals surface area contributed by atoms with Gasteiger partial charge in [-0.15, -0.1) is 24.8 Å². The second kappa shape index (κ2) is 12.9. The van der Waals surface area contributed by atoms with Crippen LogP contribution in [0.1, 0.15) is 12.5 Å². The Balaban J connectivity index is 0.00000312. The zero-order chi connectivity index (χ0) is 17.4. The first-order valence-electron chi connectivity index (χ1n) is 8.56. The summed E-state index contributed by atoms with van der Waals surface area (Å²) >= 11 is 0. The summed E-state index contributed by atoms with van der Waals surface area (Å²) in [6, 6.07) is 9.89. The molecular weight excluding hydrogens is 375 g/mol. The molecule has 1 aliphatic heterocycles. The molecule has 1 aromatic rings. The monoisotopic (exact) mass is 404 g/mol. The molecule has 0 saturated carbocycles. The molecule has 1 saturated heterocycles. The maximum absolute atomic E-state index is 12.3. The number of amides is 2. The molecule has 8 heteroatoms. The van der Waals surface area contributed by atoms with Crippen molar-refractivity contribution in [2.45, 2.75) is 13.5 Å². The van der Waals surface area contributed by atoms with Gasteiger partial charge in [0.1, 0.15) is 0 Å². The molecule has 0 aliphatic carbocycles. The summed E-state index contributed by atoms with van der Waals surface area (Å²) < 4.78 is 0. The van der Waals surface area contributed by atoms with Gasteiger partial charge >= 0.3 is 0 Å². The Labute approximate surface area is 168 Å². The van der Waals surface area contributed by atoms with E-state index in [1.54, 1.807) is 0 Å². The number of piperazine rings is 1. The lowest BCUT2D eigenvalue weighted by molar-refractivity contribution is -0.136. The normalized spacial score (nSPS) is 15.4. The quantitative estimate of drug-likeness (QED) is 0.715. The molecular formula is C18H30Cl2N4O2. The van der Waals surface area contributed by atoms with E-state index >= 15 is 0 Å². The van der Waals surface area contributed by atoms with E-state index in [1.807, 2.05) is 49.2 Å². The Morgan fingerprint density at radius 2 is 1.69 bits per heavy atom. The van der Waals surface area contributed by atoms with E-state index in [-0.39, 0.29) is 42.5 Å². The minimum absolute atomic E-state index is 0. The zero-order valence-corrected chi connectivity index (χ0v) is 17.1. The second-order valence-corrected chi connectivity index (χ2v) is 6.32. The fourth-order valence-electron chi connectivity index (χ4n) is 2.89. The Kier molecular flexibility index (Phi) is 12.3. The molecule has 1 atom stereocenters. The van der Waals surface area contributed by atoms with Crippen LogP contribution in [0.2, 0.25) is 0 Å². The standard InChI is InChI=1S/C18H28N4O2.2ClH/c1-15(12-19-2)18(24)22-10-8-21(9-11-22)14-17(23)20-13-16-6-4-3-5-7-16;;/h3-7,15,19H,8-14H2,1-2H3,(H,20,23);2*1H. The molecule has 0 aromatic heterocycles. The number of rotatable bonds is 7. The first-order valence-corrected chi connectivity index (χ1v) is 8.56. The lowest BCUT2D eigenvalue weighted by atomic mass is 10.1. The first kappa shape index (κ1) is 24.7. The van der Waals surface area contributed by atoms with Crippen LogP contribution in [0.3, 0.4) is 0 Å². The zero-order valence-electron chi connectivity index (χ0n) is 15.4. The maximum Gasteiger partial charge on any atom is 0.234 e. The van der Waals surface area contributed by atoms with E-state index < -0.39 is 0 Å². The first-order chi connectivity index (χ1) is 11.6. The number of hydrogen-bond donors (Lipinski definition) is 2. The smallest absolute Gasteiger partial charge is 0.234 e. The van der Waals surface area contributed by atoms with Crippen molar-refractivity contribution >= 4 is 36.6 Å². The van der Waals surface area contributed by atoms with Gasteiger partial charge in [-0.2, -0.15) is 0 Å². The number of carbonyl (C=O) groups excluding carboxylic acids is 2. The molecule has 0 bridgehead atoms. The fourth-order valence-corrected chi connectivity index (χ4v) is 2.89. The third kappa shape index (κ3) is 7.91. The van der Waals surface area contributed by atoms with E-state index in [0.717, 1.165) is 18.7 Å². The van der Waals surface area contributed by atoms with Crippen molar-refractivity contribution in [2.75, 3.05) is 46.3 Å². The number of carbonyl (C=O) groups is 2. The summed E-state index contributed by atoms with van der Waals surface area (Å²) in [4.78, 5) is 28.3. The van der Waals surface area contributed by atoms with Gasteiger partial charge in [0.2, 0.25) is 11.8 Å². The van der Waals surface area contributed by atoms with Crippen molar-refractivity contribution in [3.8, 4) is 0 Å². The molecule has 2 amide bonds. The average Bonchev–Trinajstić information content (AvgIpc) is 2.61. The van der Waals surface area contributed by atoms with E-state index in [9.17, 15) is 9.59 Å². The molecule has 26 heavy (non-hydrogen) atoms. The number of benzene rings is 1. The molecule has 148 valence electrons. The van der Waals surface area contributed by atoms with Gasteiger partial charge in [0.25, 0.3) is 0 Å². The van der Waals surface area contributed by atoms with Gasteiger partial charge in [-0.3, -0.25) is 14.5 Å². The molecule has 1 aromatic carbocycles. The predicted molar refractivity (Wildman–Crippen MR) is 109 cm³/mol. The van der Waals surface area contributed by atoms with Crippen LogP contribution < -0.4 is 10.6 Å². The van der Waals surface area contributed by atoms with Gasteiger partial charge in [-0.05, 0) is 12.6 Å². The van der Waals surface area contributed by atoms with E-state index in [1.165, 1.54) is 0 Å². The minimum atomic E-state index is -0.00396. The van der Waals surface area contributed by atoms with E-state index in [4.69, 9.17) is 0 Å². The van der Waals surface area contributed by atoms with Crippen LogP contribution in [-0.4, -0.2) is 67.9 Å². The largest absolute Gasteiger partial charge is 0.351 e.